The number of carbonyl (C=O) groups excluding carboxylic acids is 1. The van der Waals surface area contributed by atoms with Crippen molar-refractivity contribution < 1.29 is 9.90 Å². The van der Waals surface area contributed by atoms with Gasteiger partial charge in [0.1, 0.15) is 0 Å². The van der Waals surface area contributed by atoms with E-state index in [1.807, 2.05) is 0 Å². The molecule has 0 aromatic carbocycles. The number of hydrogen-bond acceptors (Lipinski definition) is 3. The number of aliphatic hydroxyl groups is 1. The van der Waals surface area contributed by atoms with Crippen LogP contribution in [0.1, 0.15) is 58.3 Å². The van der Waals surface area contributed by atoms with Crippen LogP contribution in [0.3, 0.4) is 0 Å². The van der Waals surface area contributed by atoms with Crippen molar-refractivity contribution in [3.8, 4) is 0 Å². The van der Waals surface area contributed by atoms with Crippen molar-refractivity contribution in [2.24, 2.45) is 5.92 Å². The number of unbranched alkanes of at least 4 members (excludes halogenated alkanes) is 1. The van der Waals surface area contributed by atoms with Crippen LogP contribution < -0.4 is 0 Å². The topological polar surface area (TPSA) is 43.8 Å². The van der Waals surface area contributed by atoms with Gasteiger partial charge in [0.05, 0.1) is 13.2 Å². The number of carbonyl (C=O) groups is 1. The molecular weight excluding hydrogens is 264 g/mol. The summed E-state index contributed by atoms with van der Waals surface area (Å²) >= 11 is 0. The first-order valence-electron chi connectivity index (χ1n) is 8.89. The minimum Gasteiger partial charge on any atom is -0.395 e. The maximum atomic E-state index is 12.7. The summed E-state index contributed by atoms with van der Waals surface area (Å²) < 4.78 is 0. The van der Waals surface area contributed by atoms with E-state index in [0.29, 0.717) is 19.1 Å². The molecule has 2 fully saturated rings. The van der Waals surface area contributed by atoms with Crippen molar-refractivity contribution in [1.29, 1.82) is 0 Å². The molecule has 0 spiro atoms. The first kappa shape index (κ1) is 16.8. The van der Waals surface area contributed by atoms with E-state index in [-0.39, 0.29) is 12.5 Å². The van der Waals surface area contributed by atoms with Gasteiger partial charge in [0, 0.05) is 19.1 Å². The highest BCUT2D eigenvalue weighted by atomic mass is 16.3. The molecule has 0 bridgehead atoms. The van der Waals surface area contributed by atoms with Crippen LogP contribution in [0.2, 0.25) is 0 Å². The fourth-order valence-electron chi connectivity index (χ4n) is 4.01. The van der Waals surface area contributed by atoms with E-state index < -0.39 is 0 Å². The van der Waals surface area contributed by atoms with Gasteiger partial charge in [-0.25, -0.2) is 0 Å². The van der Waals surface area contributed by atoms with Gasteiger partial charge in [-0.15, -0.1) is 0 Å². The zero-order chi connectivity index (χ0) is 15.1. The maximum Gasteiger partial charge on any atom is 0.237 e. The molecule has 1 saturated heterocycles. The van der Waals surface area contributed by atoms with Gasteiger partial charge in [-0.3, -0.25) is 9.69 Å². The van der Waals surface area contributed by atoms with Crippen LogP contribution in [0, 0.1) is 5.92 Å². The molecule has 4 heteroatoms. The fraction of sp³-hybridized carbons (Fsp3) is 0.941. The lowest BCUT2D eigenvalue weighted by Gasteiger charge is -2.44. The van der Waals surface area contributed by atoms with E-state index in [1.165, 1.54) is 38.5 Å². The Labute approximate surface area is 129 Å². The number of nitrogens with zero attached hydrogens (tertiary/aromatic N) is 2. The molecule has 1 heterocycles. The molecule has 2 atom stereocenters. The lowest BCUT2D eigenvalue weighted by atomic mass is 9.78. The highest BCUT2D eigenvalue weighted by Crippen LogP contribution is 2.35. The highest BCUT2D eigenvalue weighted by molar-refractivity contribution is 5.78. The Morgan fingerprint density at radius 3 is 2.71 bits per heavy atom. The van der Waals surface area contributed by atoms with Crippen LogP contribution in [-0.4, -0.2) is 59.6 Å². The minimum absolute atomic E-state index is 0.142. The van der Waals surface area contributed by atoms with Gasteiger partial charge < -0.3 is 10.0 Å². The Kier molecular flexibility index (Phi) is 6.97. The quantitative estimate of drug-likeness (QED) is 0.784. The molecular formula is C17H32N2O2. The van der Waals surface area contributed by atoms with Gasteiger partial charge in [0.15, 0.2) is 0 Å². The summed E-state index contributed by atoms with van der Waals surface area (Å²) in [6.45, 7) is 5.28. The van der Waals surface area contributed by atoms with Crippen molar-refractivity contribution in [3.05, 3.63) is 0 Å². The van der Waals surface area contributed by atoms with Crippen LogP contribution >= 0.6 is 0 Å². The predicted octanol–water partition coefficient (Wildman–Crippen LogP) is 2.26. The minimum atomic E-state index is 0.142. The molecule has 0 aromatic rings. The summed E-state index contributed by atoms with van der Waals surface area (Å²) in [4.78, 5) is 17.0. The first-order chi connectivity index (χ1) is 10.3. The molecule has 0 radical (unpaired) electrons. The van der Waals surface area contributed by atoms with E-state index in [1.54, 1.807) is 0 Å². The molecule has 21 heavy (non-hydrogen) atoms. The molecule has 2 aliphatic rings. The molecule has 1 saturated carbocycles. The number of piperidine rings is 1. The van der Waals surface area contributed by atoms with Crippen LogP contribution in [-0.2, 0) is 4.79 Å². The van der Waals surface area contributed by atoms with E-state index >= 15 is 0 Å². The summed E-state index contributed by atoms with van der Waals surface area (Å²) in [7, 11) is 0. The summed E-state index contributed by atoms with van der Waals surface area (Å²) in [6, 6.07) is 0.502. The molecule has 4 nitrogen and oxygen atoms in total. The molecule has 2 unspecified atom stereocenters. The molecule has 2 rings (SSSR count). The number of aliphatic hydroxyl groups excluding tert-OH is 1. The number of rotatable bonds is 7. The summed E-state index contributed by atoms with van der Waals surface area (Å²) in [5.41, 5.74) is 0. The van der Waals surface area contributed by atoms with E-state index in [2.05, 4.69) is 16.7 Å². The van der Waals surface area contributed by atoms with E-state index in [0.717, 1.165) is 31.8 Å². The second-order valence-electron chi connectivity index (χ2n) is 6.69. The molecule has 122 valence electrons. The zero-order valence-corrected chi connectivity index (χ0v) is 13.6. The van der Waals surface area contributed by atoms with Crippen molar-refractivity contribution in [3.63, 3.8) is 0 Å². The number of likely N-dealkylation sites (tertiary alicyclic amines) is 1. The van der Waals surface area contributed by atoms with Gasteiger partial charge in [-0.05, 0) is 44.6 Å². The third-order valence-corrected chi connectivity index (χ3v) is 5.17. The Hall–Kier alpha value is -0.610. The van der Waals surface area contributed by atoms with Crippen LogP contribution in [0.15, 0.2) is 0 Å². The fourth-order valence-corrected chi connectivity index (χ4v) is 4.01. The first-order valence-corrected chi connectivity index (χ1v) is 8.89. The van der Waals surface area contributed by atoms with Gasteiger partial charge in [-0.1, -0.05) is 26.2 Å². The van der Waals surface area contributed by atoms with Crippen molar-refractivity contribution in [1.82, 2.24) is 9.80 Å². The second kappa shape index (κ2) is 8.74. The summed E-state index contributed by atoms with van der Waals surface area (Å²) in [5.74, 6) is 1.04. The van der Waals surface area contributed by atoms with Crippen molar-refractivity contribution >= 4 is 5.91 Å². The Bertz CT molecular complexity index is 320. The number of fused-ring (bicyclic) bond motifs is 1. The van der Waals surface area contributed by atoms with Crippen molar-refractivity contribution in [2.45, 2.75) is 64.3 Å². The Morgan fingerprint density at radius 1 is 1.19 bits per heavy atom. The van der Waals surface area contributed by atoms with E-state index in [4.69, 9.17) is 0 Å². The van der Waals surface area contributed by atoms with Crippen LogP contribution in [0.5, 0.6) is 0 Å². The van der Waals surface area contributed by atoms with Crippen LogP contribution in [0.25, 0.3) is 0 Å². The third kappa shape index (κ3) is 4.68. The van der Waals surface area contributed by atoms with Gasteiger partial charge in [0.2, 0.25) is 5.91 Å². The standard InChI is InChI=1S/C17H32N2O2/c1-2-3-10-18(12-13-20)14-17(21)19-11-6-8-15-7-4-5-9-16(15)19/h15-16,20H,2-14H2,1H3. The maximum absolute atomic E-state index is 12.7. The molecule has 1 amide bonds. The third-order valence-electron chi connectivity index (χ3n) is 5.17. The molecule has 1 N–H and O–H groups in total. The van der Waals surface area contributed by atoms with Crippen molar-refractivity contribution in [2.75, 3.05) is 32.8 Å². The van der Waals surface area contributed by atoms with Gasteiger partial charge in [-0.2, -0.15) is 0 Å². The largest absolute Gasteiger partial charge is 0.395 e. The highest BCUT2D eigenvalue weighted by Gasteiger charge is 2.35. The molecule has 0 aromatic heterocycles. The van der Waals surface area contributed by atoms with Gasteiger partial charge >= 0.3 is 0 Å². The SMILES string of the molecule is CCCCN(CCO)CC(=O)N1CCCC2CCCCC21. The smallest absolute Gasteiger partial charge is 0.237 e. The zero-order valence-electron chi connectivity index (χ0n) is 13.6. The lowest BCUT2D eigenvalue weighted by Crippen LogP contribution is -2.52. The average Bonchev–Trinajstić information content (AvgIpc) is 2.52. The average molecular weight is 296 g/mol. The normalized spacial score (nSPS) is 26.0. The Morgan fingerprint density at radius 2 is 1.95 bits per heavy atom. The molecule has 1 aliphatic carbocycles. The van der Waals surface area contributed by atoms with Crippen LogP contribution in [0.4, 0.5) is 0 Å². The lowest BCUT2D eigenvalue weighted by molar-refractivity contribution is -0.138. The number of amides is 1. The monoisotopic (exact) mass is 296 g/mol. The summed E-state index contributed by atoms with van der Waals surface area (Å²) in [5, 5.41) is 9.18. The predicted molar refractivity (Wildman–Crippen MR) is 85.1 cm³/mol. The van der Waals surface area contributed by atoms with E-state index in [9.17, 15) is 9.90 Å². The number of hydrogen-bond donors (Lipinski definition) is 1. The summed E-state index contributed by atoms with van der Waals surface area (Å²) in [6.07, 6.45) is 9.84. The molecule has 1 aliphatic heterocycles. The van der Waals surface area contributed by atoms with Gasteiger partial charge in [0.25, 0.3) is 0 Å². The Balaban J connectivity index is 1.90. The second-order valence-corrected chi connectivity index (χ2v) is 6.69.